The SMILES string of the molecule is Cc1c(CC(N)C(=O)O)c2c([N+](=O)[O-])ccc(-c3ccncc3)c2n1C.Cc1c(CC(N)C(=O)O)c2cccc(-c3ccncc3)c2n1C.Cc1cc2cccc(-c3ccncc3)c2n1C. The summed E-state index contributed by atoms with van der Waals surface area (Å²) in [6, 6.07) is 27.6. The summed E-state index contributed by atoms with van der Waals surface area (Å²) in [5.74, 6) is -2.12. The van der Waals surface area contributed by atoms with Gasteiger partial charge in [0.25, 0.3) is 5.69 Å². The van der Waals surface area contributed by atoms with Gasteiger partial charge in [0.05, 0.1) is 26.9 Å². The monoisotopic (exact) mass is 885 g/mol. The van der Waals surface area contributed by atoms with Crippen molar-refractivity contribution in [1.82, 2.24) is 28.7 Å². The molecule has 0 aliphatic carbocycles. The first-order valence-electron chi connectivity index (χ1n) is 21.2. The van der Waals surface area contributed by atoms with Gasteiger partial charge in [0.15, 0.2) is 0 Å². The molecule has 6 N–H and O–H groups in total. The molecule has 0 radical (unpaired) electrons. The summed E-state index contributed by atoms with van der Waals surface area (Å²) in [7, 11) is 5.92. The van der Waals surface area contributed by atoms with Gasteiger partial charge in [-0.15, -0.1) is 0 Å². The Morgan fingerprint density at radius 3 is 1.55 bits per heavy atom. The number of aromatic nitrogens is 6. The lowest BCUT2D eigenvalue weighted by Crippen LogP contribution is -2.32. The first kappa shape index (κ1) is 46.0. The number of aliphatic carboxylic acids is 2. The number of para-hydroxylation sites is 2. The first-order valence-corrected chi connectivity index (χ1v) is 21.2. The molecule has 0 fully saturated rings. The fourth-order valence-electron chi connectivity index (χ4n) is 8.61. The Labute approximate surface area is 380 Å². The van der Waals surface area contributed by atoms with Crippen LogP contribution in [0.25, 0.3) is 66.1 Å². The number of aryl methyl sites for hydroxylation is 4. The molecule has 9 rings (SSSR count). The van der Waals surface area contributed by atoms with Gasteiger partial charge < -0.3 is 35.4 Å². The molecule has 6 heterocycles. The van der Waals surface area contributed by atoms with Crippen LogP contribution in [0.2, 0.25) is 0 Å². The van der Waals surface area contributed by atoms with Crippen LogP contribution in [-0.2, 0) is 43.6 Å². The standard InChI is InChI=1S/C18H18N4O4.C18H19N3O2.C15H14N2/c1-10-13(9-14(19)18(23)24)16-15(22(25)26)4-3-12(17(16)21(10)2)11-5-7-20-8-6-11;1-11-15(10-16(19)18(22)23)14-5-3-4-13(17(14)21(11)2)12-6-8-20-9-7-12;1-11-10-13-4-3-5-14(15(13)17(11)2)12-6-8-16-9-7-12/h3-8,14H,9,19H2,1-2H3,(H,23,24);3-9,16H,10,19H2,1-2H3,(H,22,23);3-10H,1-2H3. The minimum atomic E-state index is -1.14. The van der Waals surface area contributed by atoms with Gasteiger partial charge in [0.2, 0.25) is 0 Å². The van der Waals surface area contributed by atoms with Gasteiger partial charge in [-0.25, -0.2) is 0 Å². The molecule has 15 nitrogen and oxygen atoms in total. The van der Waals surface area contributed by atoms with E-state index in [4.69, 9.17) is 21.7 Å². The third-order valence-electron chi connectivity index (χ3n) is 12.3. The second-order valence-corrected chi connectivity index (χ2v) is 16.2. The highest BCUT2D eigenvalue weighted by atomic mass is 16.6. The maximum atomic E-state index is 11.6. The van der Waals surface area contributed by atoms with Crippen molar-refractivity contribution in [2.45, 2.75) is 45.7 Å². The van der Waals surface area contributed by atoms with Crippen LogP contribution in [0, 0.1) is 30.9 Å². The summed E-state index contributed by atoms with van der Waals surface area (Å²) < 4.78 is 6.20. The van der Waals surface area contributed by atoms with Crippen LogP contribution in [-0.4, -0.2) is 67.8 Å². The minimum absolute atomic E-state index is 0.0130. The molecular weight excluding hydrogens is 835 g/mol. The molecule has 3 aromatic carbocycles. The van der Waals surface area contributed by atoms with Crippen molar-refractivity contribution in [3.05, 3.63) is 166 Å². The Hall–Kier alpha value is -8.01. The fraction of sp³-hybridized carbons (Fsp3) is 0.196. The summed E-state index contributed by atoms with van der Waals surface area (Å²) in [6.07, 6.45) is 10.8. The van der Waals surface area contributed by atoms with Gasteiger partial charge in [-0.3, -0.25) is 34.7 Å². The topological polar surface area (TPSA) is 223 Å². The van der Waals surface area contributed by atoms with Crippen LogP contribution in [0.1, 0.15) is 28.2 Å². The van der Waals surface area contributed by atoms with E-state index in [0.717, 1.165) is 50.1 Å². The molecule has 0 spiro atoms. The largest absolute Gasteiger partial charge is 0.480 e. The number of nitro benzene ring substituents is 1. The van der Waals surface area contributed by atoms with Crippen LogP contribution in [0.4, 0.5) is 5.69 Å². The second-order valence-electron chi connectivity index (χ2n) is 16.2. The number of fused-ring (bicyclic) bond motifs is 3. The molecule has 0 bridgehead atoms. The van der Waals surface area contributed by atoms with Crippen molar-refractivity contribution >= 4 is 50.3 Å². The maximum absolute atomic E-state index is 11.6. The second kappa shape index (κ2) is 19.4. The Kier molecular flexibility index (Phi) is 13.5. The number of nitro groups is 1. The maximum Gasteiger partial charge on any atom is 0.320 e. The van der Waals surface area contributed by atoms with Crippen LogP contribution in [0.15, 0.2) is 128 Å². The number of nitrogens with zero attached hydrogens (tertiary/aromatic N) is 7. The molecule has 9 aromatic rings. The van der Waals surface area contributed by atoms with E-state index in [1.807, 2.05) is 81.3 Å². The number of rotatable bonds is 10. The van der Waals surface area contributed by atoms with Crippen LogP contribution >= 0.6 is 0 Å². The summed E-state index contributed by atoms with van der Waals surface area (Å²) in [5.41, 5.74) is 25.4. The van der Waals surface area contributed by atoms with E-state index in [9.17, 15) is 19.7 Å². The summed E-state index contributed by atoms with van der Waals surface area (Å²) in [5, 5.41) is 32.6. The van der Waals surface area contributed by atoms with E-state index in [1.54, 1.807) is 30.9 Å². The Balaban J connectivity index is 0.000000150. The molecule has 0 aliphatic rings. The summed E-state index contributed by atoms with van der Waals surface area (Å²) in [4.78, 5) is 45.6. The van der Waals surface area contributed by atoms with Gasteiger partial charge in [-0.05, 0) is 97.1 Å². The van der Waals surface area contributed by atoms with Crippen molar-refractivity contribution in [3.63, 3.8) is 0 Å². The van der Waals surface area contributed by atoms with E-state index >= 15 is 0 Å². The third kappa shape index (κ3) is 9.02. The number of benzene rings is 3. The lowest BCUT2D eigenvalue weighted by atomic mass is 9.98. The van der Waals surface area contributed by atoms with Gasteiger partial charge in [-0.1, -0.05) is 36.4 Å². The van der Waals surface area contributed by atoms with E-state index in [0.29, 0.717) is 22.9 Å². The summed E-state index contributed by atoms with van der Waals surface area (Å²) >= 11 is 0. The Morgan fingerprint density at radius 2 is 1.05 bits per heavy atom. The summed E-state index contributed by atoms with van der Waals surface area (Å²) in [6.45, 7) is 5.94. The van der Waals surface area contributed by atoms with Crippen molar-refractivity contribution in [2.75, 3.05) is 0 Å². The number of pyridine rings is 3. The molecule has 2 atom stereocenters. The van der Waals surface area contributed by atoms with E-state index < -0.39 is 28.9 Å². The molecule has 0 saturated heterocycles. The average Bonchev–Trinajstić information content (AvgIpc) is 3.86. The highest BCUT2D eigenvalue weighted by molar-refractivity contribution is 6.03. The number of non-ortho nitro benzene ring substituents is 1. The van der Waals surface area contributed by atoms with Crippen LogP contribution in [0.5, 0.6) is 0 Å². The molecule has 66 heavy (non-hydrogen) atoms. The number of nitrogens with two attached hydrogens (primary N) is 2. The number of carbonyl (C=O) groups is 2. The number of carboxylic acid groups (broad SMARTS) is 2. The highest BCUT2D eigenvalue weighted by Crippen LogP contribution is 2.40. The van der Waals surface area contributed by atoms with E-state index in [2.05, 4.69) is 80.5 Å². The zero-order chi connectivity index (χ0) is 47.4. The highest BCUT2D eigenvalue weighted by Gasteiger charge is 2.27. The van der Waals surface area contributed by atoms with E-state index in [1.165, 1.54) is 33.8 Å². The molecular formula is C51H51N9O6. The predicted molar refractivity (Wildman–Crippen MR) is 258 cm³/mol. The molecule has 0 saturated carbocycles. The quantitative estimate of drug-likeness (QED) is 0.0753. The Morgan fingerprint density at radius 1 is 0.606 bits per heavy atom. The minimum Gasteiger partial charge on any atom is -0.480 e. The third-order valence-corrected chi connectivity index (χ3v) is 12.3. The van der Waals surface area contributed by atoms with Crippen molar-refractivity contribution < 1.29 is 24.7 Å². The van der Waals surface area contributed by atoms with Crippen LogP contribution < -0.4 is 11.5 Å². The van der Waals surface area contributed by atoms with Crippen LogP contribution in [0.3, 0.4) is 0 Å². The smallest absolute Gasteiger partial charge is 0.320 e. The molecule has 15 heteroatoms. The van der Waals surface area contributed by atoms with Gasteiger partial charge in [0, 0.05) is 122 Å². The number of hydrogen-bond acceptors (Lipinski definition) is 9. The van der Waals surface area contributed by atoms with Gasteiger partial charge >= 0.3 is 11.9 Å². The van der Waals surface area contributed by atoms with Crippen molar-refractivity contribution in [2.24, 2.45) is 32.6 Å². The van der Waals surface area contributed by atoms with Gasteiger partial charge in [0.1, 0.15) is 12.1 Å². The molecule has 6 aromatic heterocycles. The molecule has 0 aliphatic heterocycles. The molecule has 2 unspecified atom stereocenters. The zero-order valence-electron chi connectivity index (χ0n) is 37.5. The van der Waals surface area contributed by atoms with Crippen molar-refractivity contribution in [1.29, 1.82) is 0 Å². The first-order chi connectivity index (χ1) is 31.6. The Bertz CT molecular complexity index is 3230. The lowest BCUT2D eigenvalue weighted by Gasteiger charge is -2.08. The fourth-order valence-corrected chi connectivity index (χ4v) is 8.61. The van der Waals surface area contributed by atoms with Gasteiger partial charge in [-0.2, -0.15) is 0 Å². The molecule has 336 valence electrons. The van der Waals surface area contributed by atoms with Crippen molar-refractivity contribution in [3.8, 4) is 33.4 Å². The zero-order valence-corrected chi connectivity index (χ0v) is 37.5. The van der Waals surface area contributed by atoms with E-state index in [-0.39, 0.29) is 12.1 Å². The molecule has 0 amide bonds. The predicted octanol–water partition coefficient (Wildman–Crippen LogP) is 8.46. The number of hydrogen-bond donors (Lipinski definition) is 4. The number of carboxylic acids is 2. The normalized spacial score (nSPS) is 12.0. The lowest BCUT2D eigenvalue weighted by molar-refractivity contribution is -0.383. The average molecular weight is 886 g/mol.